The Morgan fingerprint density at radius 1 is 1.31 bits per heavy atom. The molecule has 7 nitrogen and oxygen atoms in total. The number of carbonyl (C=O) groups is 1. The summed E-state index contributed by atoms with van der Waals surface area (Å²) >= 11 is 7.74. The van der Waals surface area contributed by atoms with Gasteiger partial charge in [0.1, 0.15) is 16.8 Å². The van der Waals surface area contributed by atoms with Crippen LogP contribution in [0.1, 0.15) is 38.3 Å². The van der Waals surface area contributed by atoms with Crippen molar-refractivity contribution < 1.29 is 19.4 Å². The van der Waals surface area contributed by atoms with E-state index in [-0.39, 0.29) is 18.7 Å². The van der Waals surface area contributed by atoms with Crippen molar-refractivity contribution in [3.8, 4) is 27.7 Å². The molecule has 0 bridgehead atoms. The molecule has 2 atom stereocenters. The first kappa shape index (κ1) is 25.6. The van der Waals surface area contributed by atoms with Crippen molar-refractivity contribution in [3.63, 3.8) is 0 Å². The van der Waals surface area contributed by atoms with Gasteiger partial charge in [-0.25, -0.2) is 4.98 Å². The molecule has 0 aliphatic carbocycles. The highest BCUT2D eigenvalue weighted by molar-refractivity contribution is 7.09. The van der Waals surface area contributed by atoms with Crippen molar-refractivity contribution in [2.45, 2.75) is 58.3 Å². The third-order valence-electron chi connectivity index (χ3n) is 5.84. The Balaban J connectivity index is 1.47. The summed E-state index contributed by atoms with van der Waals surface area (Å²) in [5, 5.41) is 13.9. The number of benzene rings is 2. The number of aliphatic hydroxyl groups is 1. The molecule has 0 spiro atoms. The fourth-order valence-corrected chi connectivity index (χ4v) is 5.09. The topological polar surface area (TPSA) is 93.6 Å². The second kappa shape index (κ2) is 11.5. The van der Waals surface area contributed by atoms with Crippen LogP contribution in [0.2, 0.25) is 5.02 Å². The number of ether oxygens (including phenoxy) is 2. The van der Waals surface area contributed by atoms with Gasteiger partial charge in [0.05, 0.1) is 23.8 Å². The molecule has 0 radical (unpaired) electrons. The van der Waals surface area contributed by atoms with E-state index in [1.807, 2.05) is 50.2 Å². The van der Waals surface area contributed by atoms with E-state index >= 15 is 0 Å². The lowest BCUT2D eigenvalue weighted by Crippen LogP contribution is -2.32. The molecule has 1 aliphatic heterocycles. The first-order valence-electron chi connectivity index (χ1n) is 11.8. The lowest BCUT2D eigenvalue weighted by Gasteiger charge is -2.14. The van der Waals surface area contributed by atoms with Gasteiger partial charge in [-0.2, -0.15) is 4.37 Å². The Bertz CT molecular complexity index is 1180. The van der Waals surface area contributed by atoms with Crippen LogP contribution in [0.4, 0.5) is 0 Å². The van der Waals surface area contributed by atoms with E-state index in [9.17, 15) is 9.90 Å². The van der Waals surface area contributed by atoms with E-state index in [2.05, 4.69) is 16.6 Å². The molecule has 2 aromatic carbocycles. The van der Waals surface area contributed by atoms with Gasteiger partial charge in [-0.1, -0.05) is 36.7 Å². The maximum absolute atomic E-state index is 12.2. The molecule has 4 rings (SSSR count). The van der Waals surface area contributed by atoms with Crippen LogP contribution in [0.5, 0.6) is 5.75 Å². The summed E-state index contributed by atoms with van der Waals surface area (Å²) in [4.78, 5) is 17.0. The lowest BCUT2D eigenvalue weighted by molar-refractivity contribution is -0.145. The van der Waals surface area contributed by atoms with Crippen LogP contribution in [0.15, 0.2) is 36.4 Å². The third-order valence-corrected chi connectivity index (χ3v) is 6.90. The van der Waals surface area contributed by atoms with Crippen LogP contribution in [0.3, 0.4) is 0 Å². The lowest BCUT2D eigenvalue weighted by atomic mass is 9.96. The van der Waals surface area contributed by atoms with Crippen molar-refractivity contribution in [2.75, 3.05) is 13.2 Å². The van der Waals surface area contributed by atoms with E-state index in [1.165, 1.54) is 11.5 Å². The molecule has 0 saturated carbocycles. The zero-order valence-corrected chi connectivity index (χ0v) is 21.7. The number of aliphatic hydroxyl groups excluding tert-OH is 1. The van der Waals surface area contributed by atoms with Crippen LogP contribution < -0.4 is 10.1 Å². The molecule has 1 aliphatic rings. The Morgan fingerprint density at radius 2 is 2.14 bits per heavy atom. The van der Waals surface area contributed by atoms with Gasteiger partial charge in [0.15, 0.2) is 5.82 Å². The normalized spacial score (nSPS) is 17.7. The standard InChI is InChI=1S/C26H30ClN3O4S/c1-4-19-16(10-11-33-26(32)22-13-18(31)14-28-22)6-5-7-20(19)24-29-25(35-30-24)17-8-9-23(21(27)12-17)34-15(2)3/h5-9,12,15,18,22,28,31H,4,10-11,13-14H2,1-3H3/t18?,22-/m0/s1. The Hall–Kier alpha value is -2.52. The molecule has 1 unspecified atom stereocenters. The van der Waals surface area contributed by atoms with E-state index in [1.54, 1.807) is 0 Å². The number of aromatic nitrogens is 2. The molecule has 1 fully saturated rings. The summed E-state index contributed by atoms with van der Waals surface area (Å²) in [6.45, 7) is 6.72. The first-order chi connectivity index (χ1) is 16.9. The van der Waals surface area contributed by atoms with E-state index < -0.39 is 12.1 Å². The van der Waals surface area contributed by atoms with Crippen LogP contribution in [-0.2, 0) is 22.4 Å². The third kappa shape index (κ3) is 6.19. The summed E-state index contributed by atoms with van der Waals surface area (Å²) in [7, 11) is 0. The molecule has 9 heteroatoms. The van der Waals surface area contributed by atoms with E-state index in [0.717, 1.165) is 33.7 Å². The molecule has 3 aromatic rings. The molecular formula is C26H30ClN3O4S. The number of hydrogen-bond donors (Lipinski definition) is 2. The fraction of sp³-hybridized carbons (Fsp3) is 0.423. The predicted molar refractivity (Wildman–Crippen MR) is 138 cm³/mol. The van der Waals surface area contributed by atoms with Crippen LogP contribution in [0.25, 0.3) is 22.0 Å². The highest BCUT2D eigenvalue weighted by Gasteiger charge is 2.29. The summed E-state index contributed by atoms with van der Waals surface area (Å²) in [5.74, 6) is 1.00. The molecule has 1 saturated heterocycles. The van der Waals surface area contributed by atoms with E-state index in [4.69, 9.17) is 26.1 Å². The highest BCUT2D eigenvalue weighted by atomic mass is 35.5. The summed E-state index contributed by atoms with van der Waals surface area (Å²) in [5.41, 5.74) is 4.11. The minimum atomic E-state index is -0.492. The summed E-state index contributed by atoms with van der Waals surface area (Å²) < 4.78 is 15.8. The van der Waals surface area contributed by atoms with Crippen molar-refractivity contribution in [1.82, 2.24) is 14.7 Å². The monoisotopic (exact) mass is 515 g/mol. The second-order valence-corrected chi connectivity index (χ2v) is 9.96. The Labute approximate surface area is 214 Å². The number of nitrogens with zero attached hydrogens (tertiary/aromatic N) is 2. The van der Waals surface area contributed by atoms with Crippen molar-refractivity contribution >= 4 is 29.1 Å². The quantitative estimate of drug-likeness (QED) is 0.399. The minimum absolute atomic E-state index is 0.0435. The van der Waals surface area contributed by atoms with Crippen molar-refractivity contribution in [3.05, 3.63) is 52.5 Å². The highest BCUT2D eigenvalue weighted by Crippen LogP contribution is 2.34. The number of carbonyl (C=O) groups excluding carboxylic acids is 1. The zero-order valence-electron chi connectivity index (χ0n) is 20.1. The average Bonchev–Trinajstić information content (AvgIpc) is 3.49. The first-order valence-corrected chi connectivity index (χ1v) is 13.0. The number of β-amino-alcohol motifs (C(OH)–C–C–N with tert-alkyl or cyclic N) is 1. The molecule has 1 aromatic heterocycles. The zero-order chi connectivity index (χ0) is 24.9. The number of nitrogens with one attached hydrogen (secondary N) is 1. The smallest absolute Gasteiger partial charge is 0.323 e. The Morgan fingerprint density at radius 3 is 2.83 bits per heavy atom. The van der Waals surface area contributed by atoms with Gasteiger partial charge in [0, 0.05) is 30.5 Å². The van der Waals surface area contributed by atoms with E-state index in [0.29, 0.717) is 36.0 Å². The summed E-state index contributed by atoms with van der Waals surface area (Å²) in [6.07, 6.45) is 1.35. The fourth-order valence-electron chi connectivity index (χ4n) is 4.19. The predicted octanol–water partition coefficient (Wildman–Crippen LogP) is 4.68. The van der Waals surface area contributed by atoms with Crippen LogP contribution >= 0.6 is 23.1 Å². The van der Waals surface area contributed by atoms with Gasteiger partial charge in [0.2, 0.25) is 0 Å². The van der Waals surface area contributed by atoms with Crippen LogP contribution in [0, 0.1) is 0 Å². The van der Waals surface area contributed by atoms with Gasteiger partial charge in [-0.3, -0.25) is 4.79 Å². The van der Waals surface area contributed by atoms with Gasteiger partial charge < -0.3 is 19.9 Å². The summed E-state index contributed by atoms with van der Waals surface area (Å²) in [6, 6.07) is 11.3. The number of esters is 1. The molecule has 186 valence electrons. The van der Waals surface area contributed by atoms with Crippen LogP contribution in [-0.4, -0.2) is 51.8 Å². The maximum atomic E-state index is 12.2. The van der Waals surface area contributed by atoms with Gasteiger partial charge in [-0.15, -0.1) is 0 Å². The van der Waals surface area contributed by atoms with Crippen molar-refractivity contribution in [2.24, 2.45) is 0 Å². The molecule has 0 amide bonds. The average molecular weight is 516 g/mol. The number of rotatable bonds is 9. The van der Waals surface area contributed by atoms with Gasteiger partial charge in [0.25, 0.3) is 0 Å². The van der Waals surface area contributed by atoms with Crippen molar-refractivity contribution in [1.29, 1.82) is 0 Å². The Kier molecular flexibility index (Phi) is 8.38. The molecule has 2 N–H and O–H groups in total. The van der Waals surface area contributed by atoms with Gasteiger partial charge in [-0.05, 0) is 61.1 Å². The maximum Gasteiger partial charge on any atom is 0.323 e. The number of halogens is 1. The largest absolute Gasteiger partial charge is 0.489 e. The molecular weight excluding hydrogens is 486 g/mol. The number of hydrogen-bond acceptors (Lipinski definition) is 8. The SMILES string of the molecule is CCc1c(CCOC(=O)[C@@H]2CC(O)CN2)cccc1-c1nsc(-c2ccc(OC(C)C)c(Cl)c2)n1. The molecule has 35 heavy (non-hydrogen) atoms. The minimum Gasteiger partial charge on any atom is -0.489 e. The second-order valence-electron chi connectivity index (χ2n) is 8.80. The van der Waals surface area contributed by atoms with Gasteiger partial charge >= 0.3 is 5.97 Å². The molecule has 2 heterocycles.